The number of carbonyl (C=O) groups is 2. The summed E-state index contributed by atoms with van der Waals surface area (Å²) in [6.45, 7) is 3.20. The summed E-state index contributed by atoms with van der Waals surface area (Å²) in [5.41, 5.74) is 1.72. The Kier molecular flexibility index (Phi) is 8.57. The second-order valence-corrected chi connectivity index (χ2v) is 7.73. The molecule has 0 aliphatic carbocycles. The summed E-state index contributed by atoms with van der Waals surface area (Å²) >= 11 is 0. The Labute approximate surface area is 193 Å². The van der Waals surface area contributed by atoms with E-state index in [9.17, 15) is 14.7 Å². The number of nitrogens with one attached hydrogen (secondary N) is 1. The first-order chi connectivity index (χ1) is 16.0. The van der Waals surface area contributed by atoms with Crippen molar-refractivity contribution in [3.05, 3.63) is 54.1 Å². The van der Waals surface area contributed by atoms with E-state index in [2.05, 4.69) is 15.5 Å². The molecule has 8 heteroatoms. The summed E-state index contributed by atoms with van der Waals surface area (Å²) < 4.78 is 7.04. The number of aromatic hydroxyl groups is 1. The van der Waals surface area contributed by atoms with E-state index in [1.807, 2.05) is 37.3 Å². The molecular formula is C25H30N4O4. The van der Waals surface area contributed by atoms with Gasteiger partial charge in [-0.05, 0) is 49.6 Å². The van der Waals surface area contributed by atoms with Gasteiger partial charge >= 0.3 is 0 Å². The van der Waals surface area contributed by atoms with Crippen molar-refractivity contribution < 1.29 is 19.4 Å². The molecule has 174 valence electrons. The van der Waals surface area contributed by atoms with Gasteiger partial charge in [0.15, 0.2) is 5.69 Å². The van der Waals surface area contributed by atoms with Gasteiger partial charge in [0.25, 0.3) is 11.8 Å². The van der Waals surface area contributed by atoms with E-state index in [0.717, 1.165) is 24.8 Å². The van der Waals surface area contributed by atoms with Crippen LogP contribution in [0.3, 0.4) is 0 Å². The molecule has 0 fully saturated rings. The Morgan fingerprint density at radius 2 is 1.88 bits per heavy atom. The molecule has 2 N–H and O–H groups in total. The molecule has 0 aliphatic rings. The summed E-state index contributed by atoms with van der Waals surface area (Å²) in [5.74, 6) is 0.185. The lowest BCUT2D eigenvalue weighted by molar-refractivity contribution is -0.118. The highest BCUT2D eigenvalue weighted by molar-refractivity contribution is 5.96. The predicted molar refractivity (Wildman–Crippen MR) is 127 cm³/mol. The molecule has 2 amide bonds. The van der Waals surface area contributed by atoms with Gasteiger partial charge in [0, 0.05) is 30.5 Å². The zero-order valence-corrected chi connectivity index (χ0v) is 19.1. The molecule has 0 unspecified atom stereocenters. The van der Waals surface area contributed by atoms with E-state index < -0.39 is 0 Å². The van der Waals surface area contributed by atoms with Crippen molar-refractivity contribution in [3.63, 3.8) is 0 Å². The van der Waals surface area contributed by atoms with Gasteiger partial charge in [0.1, 0.15) is 5.75 Å². The fourth-order valence-corrected chi connectivity index (χ4v) is 3.61. The molecule has 33 heavy (non-hydrogen) atoms. The van der Waals surface area contributed by atoms with E-state index in [4.69, 9.17) is 4.74 Å². The molecular weight excluding hydrogens is 420 g/mol. The van der Waals surface area contributed by atoms with Crippen LogP contribution in [0.15, 0.2) is 58.8 Å². The first-order valence-corrected chi connectivity index (χ1v) is 11.2. The number of nitrogens with zero attached hydrogens (tertiary/aromatic N) is 3. The van der Waals surface area contributed by atoms with Crippen molar-refractivity contribution in [2.75, 3.05) is 13.7 Å². The van der Waals surface area contributed by atoms with Crippen LogP contribution in [0.2, 0.25) is 0 Å². The van der Waals surface area contributed by atoms with Crippen LogP contribution in [0.4, 0.5) is 5.69 Å². The molecule has 0 atom stereocenters. The monoisotopic (exact) mass is 450 g/mol. The zero-order valence-electron chi connectivity index (χ0n) is 19.1. The van der Waals surface area contributed by atoms with Crippen molar-refractivity contribution in [2.45, 2.75) is 45.6 Å². The number of azo groups is 1. The van der Waals surface area contributed by atoms with Gasteiger partial charge in [-0.25, -0.2) is 0 Å². The van der Waals surface area contributed by atoms with Gasteiger partial charge in [0.05, 0.1) is 12.6 Å². The molecule has 0 radical (unpaired) electrons. The van der Waals surface area contributed by atoms with Gasteiger partial charge in [-0.1, -0.05) is 31.5 Å². The van der Waals surface area contributed by atoms with E-state index in [0.29, 0.717) is 36.2 Å². The molecule has 0 saturated heterocycles. The molecule has 0 spiro atoms. The molecule has 0 saturated carbocycles. The summed E-state index contributed by atoms with van der Waals surface area (Å²) in [5, 5.41) is 22.1. The maximum absolute atomic E-state index is 12.2. The summed E-state index contributed by atoms with van der Waals surface area (Å²) in [6, 6.07) is 14.5. The highest BCUT2D eigenvalue weighted by atomic mass is 16.5. The summed E-state index contributed by atoms with van der Waals surface area (Å²) in [4.78, 5) is 24.2. The third kappa shape index (κ3) is 6.19. The molecule has 8 nitrogen and oxygen atoms in total. The number of carbonyl (C=O) groups excluding carboxylic acids is 2. The number of aryl methyl sites for hydroxylation is 1. The number of benzene rings is 2. The van der Waals surface area contributed by atoms with Gasteiger partial charge in [-0.15, -0.1) is 10.2 Å². The number of rotatable bonds is 11. The van der Waals surface area contributed by atoms with Crippen molar-refractivity contribution in [2.24, 2.45) is 10.2 Å². The average molecular weight is 451 g/mol. The van der Waals surface area contributed by atoms with E-state index in [1.54, 1.807) is 29.9 Å². The normalized spacial score (nSPS) is 11.2. The molecule has 0 bridgehead atoms. The van der Waals surface area contributed by atoms with E-state index in [-0.39, 0.29) is 29.8 Å². The molecule has 2 aromatic carbocycles. The highest BCUT2D eigenvalue weighted by Gasteiger charge is 2.17. The Morgan fingerprint density at radius 1 is 1.09 bits per heavy atom. The average Bonchev–Trinajstić information content (AvgIpc) is 3.10. The van der Waals surface area contributed by atoms with Crippen molar-refractivity contribution in [1.29, 1.82) is 0 Å². The van der Waals surface area contributed by atoms with Crippen LogP contribution in [0.25, 0.3) is 10.9 Å². The van der Waals surface area contributed by atoms with Crippen LogP contribution in [-0.2, 0) is 11.3 Å². The lowest BCUT2D eigenvalue weighted by Gasteiger charge is -2.04. The minimum atomic E-state index is -0.345. The molecule has 3 aromatic rings. The molecule has 1 heterocycles. The largest absolute Gasteiger partial charge is 0.497 e. The van der Waals surface area contributed by atoms with Gasteiger partial charge in [-0.2, -0.15) is 0 Å². The zero-order chi connectivity index (χ0) is 23.6. The molecule has 1 aromatic heterocycles. The van der Waals surface area contributed by atoms with E-state index in [1.165, 1.54) is 0 Å². The number of hydrogen-bond acceptors (Lipinski definition) is 5. The Morgan fingerprint density at radius 3 is 2.61 bits per heavy atom. The van der Waals surface area contributed by atoms with Gasteiger partial charge < -0.3 is 19.7 Å². The fourth-order valence-electron chi connectivity index (χ4n) is 3.61. The van der Waals surface area contributed by atoms with Crippen LogP contribution in [0, 0.1) is 0 Å². The van der Waals surface area contributed by atoms with Crippen molar-refractivity contribution >= 4 is 28.4 Å². The standard InChI is InChI=1S/C25H30N4O4/c1-3-16-29-21-14-13-19(33-2)17-20(21)23(25(29)32)28-27-22(30)12-8-5-9-15-26-24(31)18-10-6-4-7-11-18/h4,6-7,10-11,13-14,17,32H,3,5,8-9,12,15-16H2,1-2H3,(H,26,31). The molecule has 3 rings (SSSR count). The van der Waals surface area contributed by atoms with Crippen LogP contribution in [-0.4, -0.2) is 35.1 Å². The van der Waals surface area contributed by atoms with Gasteiger partial charge in [0.2, 0.25) is 5.88 Å². The fraction of sp³-hybridized carbons (Fsp3) is 0.360. The van der Waals surface area contributed by atoms with Crippen molar-refractivity contribution in [3.8, 4) is 11.6 Å². The highest BCUT2D eigenvalue weighted by Crippen LogP contribution is 2.40. The third-order valence-corrected chi connectivity index (χ3v) is 5.31. The quantitative estimate of drug-likeness (QED) is 0.303. The number of aromatic nitrogens is 1. The van der Waals surface area contributed by atoms with E-state index >= 15 is 0 Å². The number of unbranched alkanes of at least 4 members (excludes halogenated alkanes) is 2. The lowest BCUT2D eigenvalue weighted by atomic mass is 10.2. The number of ether oxygens (including phenoxy) is 1. The third-order valence-electron chi connectivity index (χ3n) is 5.31. The number of fused-ring (bicyclic) bond motifs is 1. The van der Waals surface area contributed by atoms with Crippen LogP contribution >= 0.6 is 0 Å². The minimum Gasteiger partial charge on any atom is -0.497 e. The first kappa shape index (κ1) is 24.0. The van der Waals surface area contributed by atoms with Crippen LogP contribution in [0.1, 0.15) is 49.4 Å². The Hall–Kier alpha value is -3.68. The SMILES string of the molecule is CCCn1c(O)c(N=NC(=O)CCCCCNC(=O)c2ccccc2)c2cc(OC)ccc21. The maximum atomic E-state index is 12.2. The summed E-state index contributed by atoms with van der Waals surface area (Å²) in [6.07, 6.45) is 3.30. The second kappa shape index (κ2) is 11.8. The molecule has 0 aliphatic heterocycles. The Balaban J connectivity index is 1.51. The Bertz CT molecular complexity index is 1120. The smallest absolute Gasteiger partial charge is 0.264 e. The number of amides is 2. The number of methoxy groups -OCH3 is 1. The minimum absolute atomic E-state index is 0.00851. The summed E-state index contributed by atoms with van der Waals surface area (Å²) in [7, 11) is 1.57. The second-order valence-electron chi connectivity index (χ2n) is 7.73. The first-order valence-electron chi connectivity index (χ1n) is 11.2. The lowest BCUT2D eigenvalue weighted by Crippen LogP contribution is -2.24. The maximum Gasteiger partial charge on any atom is 0.264 e. The van der Waals surface area contributed by atoms with Gasteiger partial charge in [-0.3, -0.25) is 9.59 Å². The van der Waals surface area contributed by atoms with Crippen molar-refractivity contribution in [1.82, 2.24) is 9.88 Å². The van der Waals surface area contributed by atoms with Crippen LogP contribution in [0.5, 0.6) is 11.6 Å². The number of hydrogen-bond donors (Lipinski definition) is 2. The topological polar surface area (TPSA) is 105 Å². The van der Waals surface area contributed by atoms with Crippen LogP contribution < -0.4 is 10.1 Å². The predicted octanol–water partition coefficient (Wildman–Crippen LogP) is 5.37.